The van der Waals surface area contributed by atoms with Crippen molar-refractivity contribution in [2.24, 2.45) is 0 Å². The van der Waals surface area contributed by atoms with Crippen LogP contribution in [0.5, 0.6) is 5.75 Å². The number of anilines is 1. The molecule has 0 fully saturated rings. The van der Waals surface area contributed by atoms with E-state index in [9.17, 15) is 10.1 Å². The highest BCUT2D eigenvalue weighted by Crippen LogP contribution is 2.27. The number of amides is 1. The molecule has 0 atom stereocenters. The maximum absolute atomic E-state index is 12.2. The van der Waals surface area contributed by atoms with Crippen molar-refractivity contribution in [3.63, 3.8) is 0 Å². The van der Waals surface area contributed by atoms with Gasteiger partial charge in [0.15, 0.2) is 0 Å². The molecule has 1 aromatic heterocycles. The van der Waals surface area contributed by atoms with Crippen LogP contribution in [0.2, 0.25) is 5.02 Å². The van der Waals surface area contributed by atoms with Gasteiger partial charge in [0.05, 0.1) is 34.1 Å². The van der Waals surface area contributed by atoms with Crippen LogP contribution in [-0.2, 0) is 4.79 Å². The molecule has 3 rings (SSSR count). The van der Waals surface area contributed by atoms with Gasteiger partial charge in [0.25, 0.3) is 0 Å². The minimum atomic E-state index is -0.217. The average molecular weight is 398 g/mol. The lowest BCUT2D eigenvalue weighted by Crippen LogP contribution is -2.14. The second-order valence-electron chi connectivity index (χ2n) is 5.56. The van der Waals surface area contributed by atoms with Crippen LogP contribution in [0.1, 0.15) is 12.5 Å². The van der Waals surface area contributed by atoms with E-state index in [-0.39, 0.29) is 11.7 Å². The number of nitrogens with zero attached hydrogens (tertiary/aromatic N) is 2. The summed E-state index contributed by atoms with van der Waals surface area (Å²) in [5, 5.41) is 14.0. The lowest BCUT2D eigenvalue weighted by atomic mass is 10.1. The average Bonchev–Trinajstić information content (AvgIpc) is 2.67. The third kappa shape index (κ3) is 4.70. The Balaban J connectivity index is 1.76. The lowest BCUT2D eigenvalue weighted by Gasteiger charge is -2.09. The molecule has 0 aliphatic heterocycles. The van der Waals surface area contributed by atoms with Gasteiger partial charge in [-0.05, 0) is 43.3 Å². The maximum Gasteiger partial charge on any atom is 0.234 e. The second-order valence-corrected chi connectivity index (χ2v) is 6.93. The largest absolute Gasteiger partial charge is 0.494 e. The molecule has 0 radical (unpaired) electrons. The number of thioether (sulfide) groups is 1. The molecule has 0 aliphatic carbocycles. The molecule has 1 N–H and O–H groups in total. The van der Waals surface area contributed by atoms with Gasteiger partial charge in [0.2, 0.25) is 5.91 Å². The van der Waals surface area contributed by atoms with Crippen LogP contribution in [-0.4, -0.2) is 23.3 Å². The molecule has 3 aromatic rings. The van der Waals surface area contributed by atoms with Gasteiger partial charge in [-0.15, -0.1) is 0 Å². The van der Waals surface area contributed by atoms with E-state index >= 15 is 0 Å². The third-order valence-corrected chi connectivity index (χ3v) is 4.99. The van der Waals surface area contributed by atoms with E-state index < -0.39 is 0 Å². The number of pyridine rings is 1. The van der Waals surface area contributed by atoms with Crippen LogP contribution < -0.4 is 10.1 Å². The molecule has 5 nitrogen and oxygen atoms in total. The number of hydrogen-bond donors (Lipinski definition) is 1. The second kappa shape index (κ2) is 8.76. The zero-order valence-corrected chi connectivity index (χ0v) is 16.1. The van der Waals surface area contributed by atoms with E-state index in [4.69, 9.17) is 16.3 Å². The minimum Gasteiger partial charge on any atom is -0.494 e. The summed E-state index contributed by atoms with van der Waals surface area (Å²) in [4.78, 5) is 16.7. The quantitative estimate of drug-likeness (QED) is 0.599. The normalized spacial score (nSPS) is 10.4. The van der Waals surface area contributed by atoms with E-state index in [0.29, 0.717) is 27.9 Å². The molecule has 0 spiro atoms. The summed E-state index contributed by atoms with van der Waals surface area (Å²) >= 11 is 7.26. The molecule has 27 heavy (non-hydrogen) atoms. The van der Waals surface area contributed by atoms with Gasteiger partial charge in [0, 0.05) is 5.39 Å². The fourth-order valence-corrected chi connectivity index (χ4v) is 3.41. The molecule has 0 aliphatic rings. The van der Waals surface area contributed by atoms with Gasteiger partial charge >= 0.3 is 0 Å². The van der Waals surface area contributed by atoms with Crippen LogP contribution in [0, 0.1) is 11.3 Å². The summed E-state index contributed by atoms with van der Waals surface area (Å²) in [5.74, 6) is 0.635. The molecular formula is C20H16ClN3O2S. The van der Waals surface area contributed by atoms with E-state index in [1.807, 2.05) is 25.1 Å². The number of hydrogen-bond acceptors (Lipinski definition) is 5. The van der Waals surface area contributed by atoms with Crippen LogP contribution in [0.25, 0.3) is 10.9 Å². The Morgan fingerprint density at radius 3 is 2.85 bits per heavy atom. The Kier molecular flexibility index (Phi) is 6.17. The molecule has 7 heteroatoms. The number of fused-ring (bicyclic) bond motifs is 1. The standard InChI is InChI=1S/C20H16ClN3O2S/c1-2-26-15-7-8-17-13(10-15)9-14(11-22)20(24-17)27-12-19(25)23-18-6-4-3-5-16(18)21/h3-10H,2,12H2,1H3,(H,23,25). The van der Waals surface area contributed by atoms with Crippen molar-refractivity contribution in [3.05, 3.63) is 59.1 Å². The van der Waals surface area contributed by atoms with Gasteiger partial charge in [-0.1, -0.05) is 35.5 Å². The van der Waals surface area contributed by atoms with Gasteiger partial charge in [-0.25, -0.2) is 4.98 Å². The van der Waals surface area contributed by atoms with Gasteiger partial charge in [-0.3, -0.25) is 4.79 Å². The van der Waals surface area contributed by atoms with Crippen LogP contribution in [0.3, 0.4) is 0 Å². The summed E-state index contributed by atoms with van der Waals surface area (Å²) in [6, 6.07) is 16.5. The Bertz CT molecular complexity index is 1030. The van der Waals surface area contributed by atoms with E-state index in [2.05, 4.69) is 16.4 Å². The molecule has 0 bridgehead atoms. The highest BCUT2D eigenvalue weighted by Gasteiger charge is 2.12. The summed E-state index contributed by atoms with van der Waals surface area (Å²) in [5.41, 5.74) is 1.72. The summed E-state index contributed by atoms with van der Waals surface area (Å²) in [6.45, 7) is 2.48. The Morgan fingerprint density at radius 2 is 2.11 bits per heavy atom. The predicted octanol–water partition coefficient (Wildman–Crippen LogP) is 4.89. The molecular weight excluding hydrogens is 382 g/mol. The van der Waals surface area contributed by atoms with Crippen molar-refractivity contribution < 1.29 is 9.53 Å². The smallest absolute Gasteiger partial charge is 0.234 e. The molecule has 1 heterocycles. The molecule has 1 amide bonds. The number of benzene rings is 2. The van der Waals surface area contributed by atoms with Crippen molar-refractivity contribution in [3.8, 4) is 11.8 Å². The first-order valence-corrected chi connectivity index (χ1v) is 9.62. The molecule has 0 unspecified atom stereocenters. The minimum absolute atomic E-state index is 0.120. The van der Waals surface area contributed by atoms with Gasteiger partial charge in [-0.2, -0.15) is 5.26 Å². The van der Waals surface area contributed by atoms with Crippen LogP contribution in [0.4, 0.5) is 5.69 Å². The maximum atomic E-state index is 12.2. The molecule has 2 aromatic carbocycles. The predicted molar refractivity (Wildman–Crippen MR) is 108 cm³/mol. The first-order valence-electron chi connectivity index (χ1n) is 8.25. The zero-order chi connectivity index (χ0) is 19.2. The summed E-state index contributed by atoms with van der Waals surface area (Å²) < 4.78 is 5.48. The number of carbonyl (C=O) groups is 1. The van der Waals surface area contributed by atoms with Gasteiger partial charge < -0.3 is 10.1 Å². The number of ether oxygens (including phenoxy) is 1. The van der Waals surface area contributed by atoms with Crippen LogP contribution >= 0.6 is 23.4 Å². The Labute approximate surface area is 166 Å². The molecule has 0 saturated heterocycles. The van der Waals surface area contributed by atoms with Crippen molar-refractivity contribution in [2.75, 3.05) is 17.7 Å². The van der Waals surface area contributed by atoms with Crippen molar-refractivity contribution in [2.45, 2.75) is 11.9 Å². The first kappa shape index (κ1) is 19.0. The third-order valence-electron chi connectivity index (χ3n) is 3.67. The van der Waals surface area contributed by atoms with Crippen molar-refractivity contribution in [1.82, 2.24) is 4.98 Å². The fraction of sp³-hybridized carbons (Fsp3) is 0.150. The van der Waals surface area contributed by atoms with Gasteiger partial charge in [0.1, 0.15) is 16.8 Å². The first-order chi connectivity index (χ1) is 13.1. The highest BCUT2D eigenvalue weighted by molar-refractivity contribution is 8.00. The van der Waals surface area contributed by atoms with E-state index in [1.54, 1.807) is 30.3 Å². The monoisotopic (exact) mass is 397 g/mol. The Morgan fingerprint density at radius 1 is 1.30 bits per heavy atom. The number of rotatable bonds is 6. The molecule has 136 valence electrons. The highest BCUT2D eigenvalue weighted by atomic mass is 35.5. The van der Waals surface area contributed by atoms with E-state index in [0.717, 1.165) is 16.7 Å². The number of aromatic nitrogens is 1. The number of carbonyl (C=O) groups excluding carboxylic acids is 1. The van der Waals surface area contributed by atoms with Crippen LogP contribution in [0.15, 0.2) is 53.6 Å². The number of halogens is 1. The SMILES string of the molecule is CCOc1ccc2nc(SCC(=O)Nc3ccccc3Cl)c(C#N)cc2c1. The van der Waals surface area contributed by atoms with E-state index in [1.165, 1.54) is 11.8 Å². The number of para-hydroxylation sites is 1. The summed E-state index contributed by atoms with van der Waals surface area (Å²) in [7, 11) is 0. The topological polar surface area (TPSA) is 75.0 Å². The fourth-order valence-electron chi connectivity index (χ4n) is 2.47. The van der Waals surface area contributed by atoms with Crippen molar-refractivity contribution >= 4 is 45.9 Å². The summed E-state index contributed by atoms with van der Waals surface area (Å²) in [6.07, 6.45) is 0. The number of nitrogens with one attached hydrogen (secondary N) is 1. The Hall–Kier alpha value is -2.75. The number of nitriles is 1. The lowest BCUT2D eigenvalue weighted by molar-refractivity contribution is -0.113. The van der Waals surface area contributed by atoms with Crippen molar-refractivity contribution in [1.29, 1.82) is 5.26 Å². The molecule has 0 saturated carbocycles. The zero-order valence-electron chi connectivity index (χ0n) is 14.5.